The third-order valence-electron chi connectivity index (χ3n) is 2.50. The van der Waals surface area contributed by atoms with Gasteiger partial charge in [0.25, 0.3) is 5.69 Å². The van der Waals surface area contributed by atoms with E-state index in [1.54, 1.807) is 13.8 Å². The molecule has 86 valence electrons. The van der Waals surface area contributed by atoms with Gasteiger partial charge < -0.3 is 10.8 Å². The molecular formula is C10H12N2O4. The quantitative estimate of drug-likeness (QED) is 0.462. The predicted octanol–water partition coefficient (Wildman–Crippen LogP) is 1.75. The second kappa shape index (κ2) is 4.18. The summed E-state index contributed by atoms with van der Waals surface area (Å²) in [4.78, 5) is 21.0. The van der Waals surface area contributed by atoms with E-state index in [0.717, 1.165) is 6.07 Å². The molecule has 1 rings (SSSR count). The topological polar surface area (TPSA) is 106 Å². The minimum absolute atomic E-state index is 0.124. The Balaban J connectivity index is 3.62. The van der Waals surface area contributed by atoms with Crippen LogP contribution in [0.5, 0.6) is 0 Å². The molecule has 0 radical (unpaired) electrons. The van der Waals surface area contributed by atoms with Crippen LogP contribution in [0.25, 0.3) is 0 Å². The number of carboxylic acid groups (broad SMARTS) is 1. The fourth-order valence-corrected chi connectivity index (χ4v) is 1.60. The maximum absolute atomic E-state index is 10.9. The maximum atomic E-state index is 10.9. The molecule has 1 aromatic carbocycles. The number of carbonyl (C=O) groups is 1. The van der Waals surface area contributed by atoms with E-state index in [-0.39, 0.29) is 16.9 Å². The van der Waals surface area contributed by atoms with Gasteiger partial charge >= 0.3 is 5.97 Å². The molecule has 3 N–H and O–H groups in total. The first-order valence-electron chi connectivity index (χ1n) is 4.69. The molecule has 6 heteroatoms. The van der Waals surface area contributed by atoms with Crippen LogP contribution in [0.3, 0.4) is 0 Å². The molecule has 0 bridgehead atoms. The van der Waals surface area contributed by atoms with Gasteiger partial charge in [0, 0.05) is 11.8 Å². The van der Waals surface area contributed by atoms with Crippen LogP contribution in [-0.2, 0) is 6.42 Å². The van der Waals surface area contributed by atoms with Gasteiger partial charge in [-0.15, -0.1) is 0 Å². The minimum atomic E-state index is -1.21. The van der Waals surface area contributed by atoms with E-state index < -0.39 is 10.9 Å². The SMILES string of the molecule is CCc1c([N+](=O)[O-])cc(C(=O)O)c(C)c1N. The molecule has 0 aromatic heterocycles. The third kappa shape index (κ3) is 1.81. The van der Waals surface area contributed by atoms with Gasteiger partial charge in [-0.25, -0.2) is 4.79 Å². The van der Waals surface area contributed by atoms with Crippen molar-refractivity contribution < 1.29 is 14.8 Å². The molecule has 0 spiro atoms. The average molecular weight is 224 g/mol. The highest BCUT2D eigenvalue weighted by Gasteiger charge is 2.22. The summed E-state index contributed by atoms with van der Waals surface area (Å²) in [5, 5.41) is 19.7. The lowest BCUT2D eigenvalue weighted by molar-refractivity contribution is -0.385. The zero-order chi connectivity index (χ0) is 12.5. The van der Waals surface area contributed by atoms with E-state index in [4.69, 9.17) is 10.8 Å². The van der Waals surface area contributed by atoms with Crippen LogP contribution in [0.15, 0.2) is 6.07 Å². The van der Waals surface area contributed by atoms with Crippen LogP contribution in [0.4, 0.5) is 11.4 Å². The summed E-state index contributed by atoms with van der Waals surface area (Å²) >= 11 is 0. The summed E-state index contributed by atoms with van der Waals surface area (Å²) in [6.07, 6.45) is 0.392. The first-order valence-corrected chi connectivity index (χ1v) is 4.69. The number of anilines is 1. The fraction of sp³-hybridized carbons (Fsp3) is 0.300. The zero-order valence-corrected chi connectivity index (χ0v) is 8.98. The number of hydrogen-bond donors (Lipinski definition) is 2. The smallest absolute Gasteiger partial charge is 0.336 e. The van der Waals surface area contributed by atoms with Gasteiger partial charge in [-0.3, -0.25) is 10.1 Å². The number of nitrogens with zero attached hydrogens (tertiary/aromatic N) is 1. The third-order valence-corrected chi connectivity index (χ3v) is 2.50. The molecule has 0 unspecified atom stereocenters. The van der Waals surface area contributed by atoms with Crippen molar-refractivity contribution in [2.45, 2.75) is 20.3 Å². The molecule has 0 aliphatic rings. The number of benzene rings is 1. The number of nitrogen functional groups attached to an aromatic ring is 1. The van der Waals surface area contributed by atoms with Crippen LogP contribution < -0.4 is 5.73 Å². The molecule has 1 aromatic rings. The average Bonchev–Trinajstić information content (AvgIpc) is 2.20. The number of rotatable bonds is 3. The Labute approximate surface area is 91.8 Å². The standard InChI is InChI=1S/C10H12N2O4/c1-3-6-8(12(15)16)4-7(10(13)14)5(2)9(6)11/h4H,3,11H2,1-2H3,(H,13,14). The van der Waals surface area contributed by atoms with Gasteiger partial charge in [-0.2, -0.15) is 0 Å². The Hall–Kier alpha value is -2.11. The Morgan fingerprint density at radius 2 is 2.19 bits per heavy atom. The maximum Gasteiger partial charge on any atom is 0.336 e. The van der Waals surface area contributed by atoms with Crippen LogP contribution in [0.1, 0.15) is 28.4 Å². The lowest BCUT2D eigenvalue weighted by Gasteiger charge is -2.10. The lowest BCUT2D eigenvalue weighted by atomic mass is 9.98. The number of nitrogens with two attached hydrogens (primary N) is 1. The van der Waals surface area contributed by atoms with E-state index in [1.165, 1.54) is 0 Å². The molecule has 0 amide bonds. The molecule has 0 atom stereocenters. The van der Waals surface area contributed by atoms with Crippen molar-refractivity contribution in [1.29, 1.82) is 0 Å². The fourth-order valence-electron chi connectivity index (χ4n) is 1.60. The first-order chi connectivity index (χ1) is 7.40. The Morgan fingerprint density at radius 3 is 2.56 bits per heavy atom. The number of hydrogen-bond acceptors (Lipinski definition) is 4. The molecule has 0 aliphatic carbocycles. The van der Waals surface area contributed by atoms with Gasteiger partial charge in [0.2, 0.25) is 0 Å². The van der Waals surface area contributed by atoms with E-state index in [0.29, 0.717) is 17.5 Å². The highest BCUT2D eigenvalue weighted by Crippen LogP contribution is 2.30. The van der Waals surface area contributed by atoms with Crippen molar-refractivity contribution in [3.8, 4) is 0 Å². The van der Waals surface area contributed by atoms with Crippen molar-refractivity contribution in [3.05, 3.63) is 32.9 Å². The van der Waals surface area contributed by atoms with Crippen molar-refractivity contribution in [2.24, 2.45) is 0 Å². The predicted molar refractivity (Wildman–Crippen MR) is 58.6 cm³/mol. The summed E-state index contributed by atoms with van der Waals surface area (Å²) in [5.41, 5.74) is 6.29. The molecule has 0 saturated heterocycles. The van der Waals surface area contributed by atoms with Gasteiger partial charge in [-0.05, 0) is 18.9 Å². The molecule has 0 aliphatic heterocycles. The molecule has 0 saturated carbocycles. The van der Waals surface area contributed by atoms with Crippen molar-refractivity contribution in [2.75, 3.05) is 5.73 Å². The summed E-state index contributed by atoms with van der Waals surface area (Å²) in [6, 6.07) is 1.06. The summed E-state index contributed by atoms with van der Waals surface area (Å²) < 4.78 is 0. The molecule has 16 heavy (non-hydrogen) atoms. The monoisotopic (exact) mass is 224 g/mol. The van der Waals surface area contributed by atoms with Crippen LogP contribution in [-0.4, -0.2) is 16.0 Å². The molecule has 0 heterocycles. The van der Waals surface area contributed by atoms with Crippen LogP contribution >= 0.6 is 0 Å². The van der Waals surface area contributed by atoms with Crippen molar-refractivity contribution in [1.82, 2.24) is 0 Å². The lowest BCUT2D eigenvalue weighted by Crippen LogP contribution is -2.08. The first kappa shape index (κ1) is 12.0. The minimum Gasteiger partial charge on any atom is -0.478 e. The zero-order valence-electron chi connectivity index (χ0n) is 8.98. The number of carboxylic acids is 1. The van der Waals surface area contributed by atoms with E-state index in [9.17, 15) is 14.9 Å². The highest BCUT2D eigenvalue weighted by atomic mass is 16.6. The molecule has 6 nitrogen and oxygen atoms in total. The van der Waals surface area contributed by atoms with Crippen LogP contribution in [0, 0.1) is 17.0 Å². The van der Waals surface area contributed by atoms with Crippen molar-refractivity contribution >= 4 is 17.3 Å². The second-order valence-corrected chi connectivity index (χ2v) is 3.38. The Morgan fingerprint density at radius 1 is 1.62 bits per heavy atom. The molecule has 0 fully saturated rings. The summed E-state index contributed by atoms with van der Waals surface area (Å²) in [6.45, 7) is 3.28. The largest absolute Gasteiger partial charge is 0.478 e. The summed E-state index contributed by atoms with van der Waals surface area (Å²) in [5.74, 6) is -1.21. The molecular weight excluding hydrogens is 212 g/mol. The van der Waals surface area contributed by atoms with Crippen LogP contribution in [0.2, 0.25) is 0 Å². The van der Waals surface area contributed by atoms with E-state index in [1.807, 2.05) is 0 Å². The number of nitro groups is 1. The van der Waals surface area contributed by atoms with Gasteiger partial charge in [0.1, 0.15) is 0 Å². The van der Waals surface area contributed by atoms with Gasteiger partial charge in [0.15, 0.2) is 0 Å². The second-order valence-electron chi connectivity index (χ2n) is 3.38. The number of nitro benzene ring substituents is 1. The van der Waals surface area contributed by atoms with E-state index in [2.05, 4.69) is 0 Å². The van der Waals surface area contributed by atoms with Gasteiger partial charge in [0.05, 0.1) is 16.1 Å². The normalized spacial score (nSPS) is 10.1. The highest BCUT2D eigenvalue weighted by molar-refractivity contribution is 5.93. The van der Waals surface area contributed by atoms with Gasteiger partial charge in [-0.1, -0.05) is 6.92 Å². The number of aromatic carboxylic acids is 1. The summed E-state index contributed by atoms with van der Waals surface area (Å²) in [7, 11) is 0. The van der Waals surface area contributed by atoms with Crippen molar-refractivity contribution in [3.63, 3.8) is 0 Å². The Kier molecular flexibility index (Phi) is 3.12. The van der Waals surface area contributed by atoms with E-state index >= 15 is 0 Å². The Bertz CT molecular complexity index is 468.